The third kappa shape index (κ3) is 5.06. The molecule has 1 aromatic carbocycles. The standard InChI is InChI=1S/C16H20NO5P/c1-2-11(12-4-3-5-14(18)9-12)8-13-6-7-15(19)10-16(13)17-23(20,21)22/h3-7,9-11,13,18-19H,2,8H2,1H3,(H2,20,21,22). The number of aliphatic hydroxyl groups excluding tert-OH is 1. The lowest BCUT2D eigenvalue weighted by Crippen LogP contribution is -2.17. The molecule has 0 bridgehead atoms. The third-order valence-electron chi connectivity index (χ3n) is 3.79. The molecule has 2 atom stereocenters. The molecule has 2 unspecified atom stereocenters. The number of aromatic hydroxyl groups is 1. The normalized spacial score (nSPS) is 21.3. The molecule has 2 rings (SSSR count). The minimum atomic E-state index is -4.57. The van der Waals surface area contributed by atoms with Crippen LogP contribution in [0.1, 0.15) is 31.2 Å². The van der Waals surface area contributed by atoms with Gasteiger partial charge in [0.1, 0.15) is 11.5 Å². The smallest absolute Gasteiger partial charge is 0.448 e. The second-order valence-electron chi connectivity index (χ2n) is 5.51. The van der Waals surface area contributed by atoms with Crippen LogP contribution in [-0.2, 0) is 4.57 Å². The van der Waals surface area contributed by atoms with E-state index in [1.165, 1.54) is 12.2 Å². The van der Waals surface area contributed by atoms with Crippen molar-refractivity contribution in [1.82, 2.24) is 0 Å². The highest BCUT2D eigenvalue weighted by Gasteiger charge is 2.24. The van der Waals surface area contributed by atoms with Crippen LogP contribution in [0, 0.1) is 5.92 Å². The molecule has 7 heteroatoms. The van der Waals surface area contributed by atoms with Crippen LogP contribution in [0.4, 0.5) is 0 Å². The van der Waals surface area contributed by atoms with E-state index in [1.807, 2.05) is 13.0 Å². The van der Waals surface area contributed by atoms with Gasteiger partial charge in [-0.3, -0.25) is 0 Å². The topological polar surface area (TPSA) is 110 Å². The summed E-state index contributed by atoms with van der Waals surface area (Å²) in [5, 5.41) is 19.2. The molecule has 0 spiro atoms. The second kappa shape index (κ2) is 7.13. The largest absolute Gasteiger partial charge is 0.508 e. The first-order chi connectivity index (χ1) is 10.8. The Morgan fingerprint density at radius 3 is 2.65 bits per heavy atom. The van der Waals surface area contributed by atoms with E-state index in [2.05, 4.69) is 4.76 Å². The van der Waals surface area contributed by atoms with Gasteiger partial charge in [-0.2, -0.15) is 4.76 Å². The van der Waals surface area contributed by atoms with Crippen molar-refractivity contribution in [2.24, 2.45) is 10.7 Å². The molecular weight excluding hydrogens is 317 g/mol. The number of hydrogen-bond donors (Lipinski definition) is 4. The fourth-order valence-electron chi connectivity index (χ4n) is 2.70. The number of phenolic OH excluding ortho intramolecular Hbond substituents is 1. The Morgan fingerprint density at radius 2 is 2.04 bits per heavy atom. The van der Waals surface area contributed by atoms with Crippen LogP contribution in [-0.4, -0.2) is 25.7 Å². The molecule has 124 valence electrons. The van der Waals surface area contributed by atoms with Crippen LogP contribution in [0.2, 0.25) is 0 Å². The zero-order chi connectivity index (χ0) is 17.0. The van der Waals surface area contributed by atoms with Gasteiger partial charge in [0.25, 0.3) is 0 Å². The van der Waals surface area contributed by atoms with Crippen LogP contribution in [0.3, 0.4) is 0 Å². The average Bonchev–Trinajstić information content (AvgIpc) is 2.45. The van der Waals surface area contributed by atoms with Crippen LogP contribution in [0.5, 0.6) is 5.75 Å². The Balaban J connectivity index is 2.27. The van der Waals surface area contributed by atoms with E-state index in [-0.39, 0.29) is 29.1 Å². The molecule has 0 fully saturated rings. The number of allylic oxidation sites excluding steroid dienone is 3. The Kier molecular flexibility index (Phi) is 5.42. The number of rotatable bonds is 5. The van der Waals surface area contributed by atoms with Crippen LogP contribution < -0.4 is 0 Å². The van der Waals surface area contributed by atoms with E-state index in [9.17, 15) is 14.8 Å². The summed E-state index contributed by atoms with van der Waals surface area (Å²) in [4.78, 5) is 18.1. The lowest BCUT2D eigenvalue weighted by atomic mass is 9.83. The molecule has 1 aliphatic carbocycles. The molecule has 1 aromatic rings. The van der Waals surface area contributed by atoms with Crippen molar-refractivity contribution in [1.29, 1.82) is 0 Å². The minimum Gasteiger partial charge on any atom is -0.508 e. The lowest BCUT2D eigenvalue weighted by Gasteiger charge is -2.23. The Hall–Kier alpha value is -1.88. The third-order valence-corrected chi connectivity index (χ3v) is 4.29. The number of aliphatic hydroxyl groups is 1. The average molecular weight is 337 g/mol. The summed E-state index contributed by atoms with van der Waals surface area (Å²) in [6, 6.07) is 6.96. The van der Waals surface area contributed by atoms with Gasteiger partial charge in [-0.1, -0.05) is 25.1 Å². The molecule has 0 radical (unpaired) electrons. The number of hydrogen-bond acceptors (Lipinski definition) is 3. The predicted molar refractivity (Wildman–Crippen MR) is 88.6 cm³/mol. The van der Waals surface area contributed by atoms with Gasteiger partial charge in [-0.25, -0.2) is 4.57 Å². The van der Waals surface area contributed by atoms with Gasteiger partial charge in [0.15, 0.2) is 0 Å². The zero-order valence-electron chi connectivity index (χ0n) is 12.7. The Bertz CT molecular complexity index is 704. The SMILES string of the molecule is CCC(CC1C=CC(O)=CC1=NP(=O)(O)O)c1cccc(O)c1. The van der Waals surface area contributed by atoms with Crippen molar-refractivity contribution in [2.75, 3.05) is 0 Å². The fraction of sp³-hybridized carbons (Fsp3) is 0.312. The van der Waals surface area contributed by atoms with E-state index in [1.54, 1.807) is 24.3 Å². The lowest BCUT2D eigenvalue weighted by molar-refractivity contribution is 0.375. The number of benzene rings is 1. The summed E-state index contributed by atoms with van der Waals surface area (Å²) in [7, 11) is -4.57. The maximum Gasteiger partial charge on any atom is 0.448 e. The van der Waals surface area contributed by atoms with Gasteiger partial charge in [0.05, 0.1) is 5.71 Å². The van der Waals surface area contributed by atoms with Crippen molar-refractivity contribution in [3.05, 3.63) is 53.8 Å². The first kappa shape index (κ1) is 17.5. The molecule has 0 aliphatic heterocycles. The predicted octanol–water partition coefficient (Wildman–Crippen LogP) is 3.44. The summed E-state index contributed by atoms with van der Waals surface area (Å²) in [6.45, 7) is 2.01. The maximum atomic E-state index is 11.2. The van der Waals surface area contributed by atoms with Gasteiger partial charge in [0.2, 0.25) is 0 Å². The number of phenols is 1. The second-order valence-corrected chi connectivity index (χ2v) is 6.74. The summed E-state index contributed by atoms with van der Waals surface area (Å²) in [5.74, 6) is -0.126. The summed E-state index contributed by atoms with van der Waals surface area (Å²) >= 11 is 0. The van der Waals surface area contributed by atoms with Crippen molar-refractivity contribution in [3.8, 4) is 5.75 Å². The highest BCUT2D eigenvalue weighted by atomic mass is 31.2. The van der Waals surface area contributed by atoms with Gasteiger partial charge in [-0.15, -0.1) is 0 Å². The van der Waals surface area contributed by atoms with E-state index >= 15 is 0 Å². The molecule has 4 N–H and O–H groups in total. The molecule has 23 heavy (non-hydrogen) atoms. The molecule has 0 aromatic heterocycles. The first-order valence-corrected chi connectivity index (χ1v) is 8.88. The molecule has 1 aliphatic rings. The van der Waals surface area contributed by atoms with Crippen molar-refractivity contribution < 1.29 is 24.6 Å². The monoisotopic (exact) mass is 337 g/mol. The first-order valence-electron chi connectivity index (χ1n) is 7.32. The van der Waals surface area contributed by atoms with Gasteiger partial charge in [0, 0.05) is 12.0 Å². The van der Waals surface area contributed by atoms with Gasteiger partial charge >= 0.3 is 7.75 Å². The highest BCUT2D eigenvalue weighted by molar-refractivity contribution is 7.50. The fourth-order valence-corrected chi connectivity index (χ4v) is 3.20. The molecule has 0 heterocycles. The van der Waals surface area contributed by atoms with E-state index in [0.717, 1.165) is 12.0 Å². The van der Waals surface area contributed by atoms with Crippen molar-refractivity contribution >= 4 is 13.5 Å². The highest BCUT2D eigenvalue weighted by Crippen LogP contribution is 2.39. The molecular formula is C16H20NO5P. The van der Waals surface area contributed by atoms with Crippen LogP contribution in [0.15, 0.2) is 53.0 Å². The van der Waals surface area contributed by atoms with E-state index < -0.39 is 7.75 Å². The Labute approximate surface area is 134 Å². The van der Waals surface area contributed by atoms with Crippen LogP contribution >= 0.6 is 7.75 Å². The quantitative estimate of drug-likeness (QED) is 0.615. The van der Waals surface area contributed by atoms with Gasteiger partial charge in [-0.05, 0) is 42.5 Å². The maximum absolute atomic E-state index is 11.2. The Morgan fingerprint density at radius 1 is 1.30 bits per heavy atom. The van der Waals surface area contributed by atoms with Crippen molar-refractivity contribution in [3.63, 3.8) is 0 Å². The van der Waals surface area contributed by atoms with Crippen molar-refractivity contribution in [2.45, 2.75) is 25.7 Å². The van der Waals surface area contributed by atoms with E-state index in [0.29, 0.717) is 6.42 Å². The number of nitrogens with zero attached hydrogens (tertiary/aromatic N) is 1. The van der Waals surface area contributed by atoms with Gasteiger partial charge < -0.3 is 20.0 Å². The molecule has 0 amide bonds. The summed E-state index contributed by atoms with van der Waals surface area (Å²) in [5.41, 5.74) is 1.12. The summed E-state index contributed by atoms with van der Waals surface area (Å²) in [6.07, 6.45) is 5.83. The van der Waals surface area contributed by atoms with Crippen LogP contribution in [0.25, 0.3) is 0 Å². The molecule has 0 saturated heterocycles. The molecule has 6 nitrogen and oxygen atoms in total. The summed E-state index contributed by atoms with van der Waals surface area (Å²) < 4.78 is 14.6. The zero-order valence-corrected chi connectivity index (χ0v) is 13.6. The minimum absolute atomic E-state index is 0.0844. The molecule has 0 saturated carbocycles. The van der Waals surface area contributed by atoms with E-state index in [4.69, 9.17) is 9.79 Å².